The number of hydrogen-bond acceptors (Lipinski definition) is 4. The summed E-state index contributed by atoms with van der Waals surface area (Å²) in [6.45, 7) is 0. The lowest BCUT2D eigenvalue weighted by Crippen LogP contribution is -2.26. The summed E-state index contributed by atoms with van der Waals surface area (Å²) in [6, 6.07) is 4.93. The van der Waals surface area contributed by atoms with Gasteiger partial charge in [-0.3, -0.25) is 9.36 Å². The van der Waals surface area contributed by atoms with Gasteiger partial charge < -0.3 is 0 Å². The van der Waals surface area contributed by atoms with E-state index in [9.17, 15) is 9.18 Å². The van der Waals surface area contributed by atoms with Gasteiger partial charge in [-0.05, 0) is 56.2 Å². The van der Waals surface area contributed by atoms with Crippen LogP contribution in [-0.4, -0.2) is 9.55 Å². The molecule has 1 aromatic carbocycles. The lowest BCUT2D eigenvalue weighted by molar-refractivity contribution is 0.457. The fraction of sp³-hybridized carbons (Fsp3) is 0.455. The Morgan fingerprint density at radius 2 is 2.00 bits per heavy atom. The molecule has 2 aliphatic carbocycles. The van der Waals surface area contributed by atoms with Gasteiger partial charge in [0.05, 0.1) is 5.39 Å². The van der Waals surface area contributed by atoms with Crippen molar-refractivity contribution >= 4 is 44.9 Å². The van der Waals surface area contributed by atoms with Crippen molar-refractivity contribution in [2.75, 3.05) is 0 Å². The third-order valence-electron chi connectivity index (χ3n) is 6.09. The molecular weight excluding hydrogens is 427 g/mol. The Kier molecular flexibility index (Phi) is 5.43. The molecule has 0 amide bonds. The van der Waals surface area contributed by atoms with Crippen LogP contribution in [0.3, 0.4) is 0 Å². The maximum atomic E-state index is 14.3. The van der Waals surface area contributed by atoms with E-state index in [1.165, 1.54) is 34.7 Å². The van der Waals surface area contributed by atoms with Crippen molar-refractivity contribution in [3.63, 3.8) is 0 Å². The SMILES string of the molecule is O=c1c2c3c(sc2nc(SCc2c(F)cccc2Cl)n1C1CCCC1)CCCC3. The fourth-order valence-corrected chi connectivity index (χ4v) is 7.30. The second kappa shape index (κ2) is 8.05. The third-order valence-corrected chi connectivity index (χ3v) is 8.60. The molecule has 0 atom stereocenters. The molecule has 3 nitrogen and oxygen atoms in total. The Bertz CT molecular complexity index is 1110. The molecule has 0 bridgehead atoms. The monoisotopic (exact) mass is 448 g/mol. The Morgan fingerprint density at radius 1 is 1.21 bits per heavy atom. The summed E-state index contributed by atoms with van der Waals surface area (Å²) in [5.74, 6) is 0.0498. The van der Waals surface area contributed by atoms with Gasteiger partial charge in [-0.25, -0.2) is 9.37 Å². The van der Waals surface area contributed by atoms with E-state index in [0.29, 0.717) is 21.5 Å². The average Bonchev–Trinajstić information content (AvgIpc) is 3.35. The molecule has 29 heavy (non-hydrogen) atoms. The first-order chi connectivity index (χ1) is 14.1. The maximum Gasteiger partial charge on any atom is 0.263 e. The van der Waals surface area contributed by atoms with Gasteiger partial charge in [-0.1, -0.05) is 42.3 Å². The van der Waals surface area contributed by atoms with E-state index in [2.05, 4.69) is 0 Å². The molecule has 2 aliphatic rings. The molecule has 0 aliphatic heterocycles. The number of aromatic nitrogens is 2. The van der Waals surface area contributed by atoms with Gasteiger partial charge in [0.25, 0.3) is 5.56 Å². The maximum absolute atomic E-state index is 14.3. The van der Waals surface area contributed by atoms with E-state index in [-0.39, 0.29) is 17.4 Å². The number of halogens is 2. The molecule has 0 N–H and O–H groups in total. The molecule has 5 rings (SSSR count). The van der Waals surface area contributed by atoms with Crippen molar-refractivity contribution in [1.29, 1.82) is 0 Å². The lowest BCUT2D eigenvalue weighted by Gasteiger charge is -2.18. The number of benzene rings is 1. The molecule has 0 unspecified atom stereocenters. The lowest BCUT2D eigenvalue weighted by atomic mass is 9.97. The van der Waals surface area contributed by atoms with Crippen LogP contribution in [0.25, 0.3) is 10.2 Å². The van der Waals surface area contributed by atoms with Crippen LogP contribution in [0.4, 0.5) is 4.39 Å². The number of rotatable bonds is 4. The van der Waals surface area contributed by atoms with Crippen LogP contribution >= 0.6 is 34.7 Å². The highest BCUT2D eigenvalue weighted by Gasteiger charge is 2.27. The number of hydrogen-bond donors (Lipinski definition) is 0. The van der Waals surface area contributed by atoms with Gasteiger partial charge in [0.2, 0.25) is 0 Å². The van der Waals surface area contributed by atoms with Crippen LogP contribution in [0.15, 0.2) is 28.2 Å². The van der Waals surface area contributed by atoms with Crippen molar-refractivity contribution in [3.05, 3.63) is 55.4 Å². The van der Waals surface area contributed by atoms with Crippen LogP contribution in [0.1, 0.15) is 60.6 Å². The molecule has 2 heterocycles. The summed E-state index contributed by atoms with van der Waals surface area (Å²) < 4.78 is 16.2. The van der Waals surface area contributed by atoms with E-state index in [1.54, 1.807) is 23.5 Å². The van der Waals surface area contributed by atoms with Gasteiger partial charge in [0, 0.05) is 27.3 Å². The van der Waals surface area contributed by atoms with E-state index >= 15 is 0 Å². The molecule has 3 aromatic rings. The normalized spacial score (nSPS) is 17.2. The predicted molar refractivity (Wildman–Crippen MR) is 119 cm³/mol. The Morgan fingerprint density at radius 3 is 2.79 bits per heavy atom. The second-order valence-electron chi connectivity index (χ2n) is 7.89. The van der Waals surface area contributed by atoms with Crippen LogP contribution in [0, 0.1) is 5.82 Å². The van der Waals surface area contributed by atoms with E-state index < -0.39 is 0 Å². The highest BCUT2D eigenvalue weighted by atomic mass is 35.5. The van der Waals surface area contributed by atoms with Crippen LogP contribution in [0.5, 0.6) is 0 Å². The van der Waals surface area contributed by atoms with Gasteiger partial charge in [-0.15, -0.1) is 11.3 Å². The topological polar surface area (TPSA) is 34.9 Å². The summed E-state index contributed by atoms with van der Waals surface area (Å²) in [7, 11) is 0. The molecule has 7 heteroatoms. The number of thioether (sulfide) groups is 1. The zero-order valence-electron chi connectivity index (χ0n) is 16.0. The summed E-state index contributed by atoms with van der Waals surface area (Å²) in [5, 5.41) is 1.96. The Hall–Kier alpha value is -1.37. The van der Waals surface area contributed by atoms with Gasteiger partial charge >= 0.3 is 0 Å². The average molecular weight is 449 g/mol. The molecule has 0 radical (unpaired) electrons. The number of aryl methyl sites for hydroxylation is 2. The quantitative estimate of drug-likeness (QED) is 0.336. The summed E-state index contributed by atoms with van der Waals surface area (Å²) >= 11 is 9.31. The van der Waals surface area contributed by atoms with Crippen LogP contribution in [0.2, 0.25) is 5.02 Å². The third kappa shape index (κ3) is 3.53. The number of thiophene rings is 1. The van der Waals surface area contributed by atoms with Crippen LogP contribution < -0.4 is 5.56 Å². The molecule has 1 saturated carbocycles. The first kappa shape index (κ1) is 19.6. The fourth-order valence-electron chi connectivity index (χ4n) is 4.59. The first-order valence-electron chi connectivity index (χ1n) is 10.3. The minimum Gasteiger partial charge on any atom is -0.284 e. The summed E-state index contributed by atoms with van der Waals surface area (Å²) in [4.78, 5) is 20.7. The highest BCUT2D eigenvalue weighted by molar-refractivity contribution is 7.98. The van der Waals surface area contributed by atoms with E-state index in [4.69, 9.17) is 16.6 Å². The molecule has 2 aromatic heterocycles. The number of nitrogens with zero attached hydrogens (tertiary/aromatic N) is 2. The zero-order chi connectivity index (χ0) is 20.0. The largest absolute Gasteiger partial charge is 0.284 e. The molecule has 0 spiro atoms. The van der Waals surface area contributed by atoms with Crippen molar-refractivity contribution < 1.29 is 4.39 Å². The van der Waals surface area contributed by atoms with Crippen molar-refractivity contribution in [1.82, 2.24) is 9.55 Å². The Labute approximate surface area is 182 Å². The first-order valence-corrected chi connectivity index (χ1v) is 12.4. The second-order valence-corrected chi connectivity index (χ2v) is 10.3. The standard InChI is InChI=1S/C22H22ClFN2OS2/c23-16-9-5-10-17(24)15(16)12-28-22-25-20-19(14-8-3-4-11-18(14)29-20)21(27)26(22)13-6-1-2-7-13/h5,9-10,13H,1-4,6-8,11-12H2. The molecule has 152 valence electrons. The van der Waals surface area contributed by atoms with Crippen LogP contribution in [-0.2, 0) is 18.6 Å². The molecule has 0 saturated heterocycles. The number of fused-ring (bicyclic) bond motifs is 3. The van der Waals surface area contributed by atoms with Gasteiger partial charge in [0.15, 0.2) is 5.16 Å². The molecular formula is C22H22ClFN2OS2. The van der Waals surface area contributed by atoms with Gasteiger partial charge in [0.1, 0.15) is 10.6 Å². The van der Waals surface area contributed by atoms with Crippen molar-refractivity contribution in [3.8, 4) is 0 Å². The minimum absolute atomic E-state index is 0.100. The van der Waals surface area contributed by atoms with Crippen molar-refractivity contribution in [2.45, 2.75) is 68.3 Å². The van der Waals surface area contributed by atoms with E-state index in [1.807, 2.05) is 4.57 Å². The zero-order valence-corrected chi connectivity index (χ0v) is 18.4. The molecule has 1 fully saturated rings. The summed E-state index contributed by atoms with van der Waals surface area (Å²) in [5.41, 5.74) is 1.80. The summed E-state index contributed by atoms with van der Waals surface area (Å²) in [6.07, 6.45) is 8.65. The van der Waals surface area contributed by atoms with Crippen molar-refractivity contribution in [2.24, 2.45) is 0 Å². The van der Waals surface area contributed by atoms with Gasteiger partial charge in [-0.2, -0.15) is 0 Å². The predicted octanol–water partition coefficient (Wildman–Crippen LogP) is 6.54. The minimum atomic E-state index is -0.313. The van der Waals surface area contributed by atoms with E-state index in [0.717, 1.165) is 55.2 Å². The Balaban J connectivity index is 1.61. The smallest absolute Gasteiger partial charge is 0.263 e. The highest BCUT2D eigenvalue weighted by Crippen LogP contribution is 2.38.